The van der Waals surface area contributed by atoms with Crippen molar-refractivity contribution < 1.29 is 9.69 Å². The van der Waals surface area contributed by atoms with Gasteiger partial charge in [0.05, 0.1) is 12.6 Å². The third-order valence-corrected chi connectivity index (χ3v) is 8.32. The number of quaternary nitrogens is 1. The number of hydrogen-bond acceptors (Lipinski definition) is 1. The lowest BCUT2D eigenvalue weighted by Gasteiger charge is -2.50. The molecule has 0 aromatic heterocycles. The summed E-state index contributed by atoms with van der Waals surface area (Å²) < 4.78 is 0. The first-order chi connectivity index (χ1) is 11.7. The number of likely N-dealkylation sites (tertiary alicyclic amines) is 1. The summed E-state index contributed by atoms with van der Waals surface area (Å²) >= 11 is 0. The van der Waals surface area contributed by atoms with Crippen LogP contribution < -0.4 is 4.90 Å². The van der Waals surface area contributed by atoms with Crippen molar-refractivity contribution in [2.24, 2.45) is 29.6 Å². The van der Waals surface area contributed by atoms with Crippen LogP contribution in [0.15, 0.2) is 0 Å². The number of fused-ring (bicyclic) bond motifs is 3. The van der Waals surface area contributed by atoms with Crippen molar-refractivity contribution >= 4 is 5.78 Å². The quantitative estimate of drug-likeness (QED) is 0.837. The maximum atomic E-state index is 12.9. The topological polar surface area (TPSA) is 21.5 Å². The number of Topliss-reactive ketones (excluding diaryl/α,β-unsaturated/α-hetero) is 1. The van der Waals surface area contributed by atoms with E-state index in [0.717, 1.165) is 36.3 Å². The molecule has 4 rings (SSSR count). The maximum absolute atomic E-state index is 12.9. The highest BCUT2D eigenvalue weighted by molar-refractivity contribution is 5.82. The Hall–Kier alpha value is -0.370. The highest BCUT2D eigenvalue weighted by atomic mass is 16.1. The van der Waals surface area contributed by atoms with Crippen molar-refractivity contribution in [2.45, 2.75) is 90.0 Å². The molecule has 4 fully saturated rings. The molecule has 136 valence electrons. The number of nitrogens with one attached hydrogen (secondary N) is 1. The van der Waals surface area contributed by atoms with E-state index in [-0.39, 0.29) is 0 Å². The van der Waals surface area contributed by atoms with Crippen molar-refractivity contribution in [1.29, 1.82) is 0 Å². The van der Waals surface area contributed by atoms with Crippen LogP contribution in [0, 0.1) is 29.6 Å². The van der Waals surface area contributed by atoms with Crippen molar-refractivity contribution in [2.75, 3.05) is 13.1 Å². The highest BCUT2D eigenvalue weighted by Gasteiger charge is 2.46. The summed E-state index contributed by atoms with van der Waals surface area (Å²) in [6.45, 7) is 4.48. The van der Waals surface area contributed by atoms with E-state index >= 15 is 0 Å². The van der Waals surface area contributed by atoms with Gasteiger partial charge >= 0.3 is 0 Å². The van der Waals surface area contributed by atoms with Crippen molar-refractivity contribution in [3.05, 3.63) is 0 Å². The van der Waals surface area contributed by atoms with E-state index in [4.69, 9.17) is 0 Å². The molecule has 0 spiro atoms. The third kappa shape index (κ3) is 3.45. The molecule has 24 heavy (non-hydrogen) atoms. The maximum Gasteiger partial charge on any atom is 0.189 e. The van der Waals surface area contributed by atoms with Gasteiger partial charge in [-0.25, -0.2) is 0 Å². The molecule has 4 aliphatic rings. The molecular weight excluding hydrogens is 294 g/mol. The molecule has 2 nitrogen and oxygen atoms in total. The summed E-state index contributed by atoms with van der Waals surface area (Å²) in [5.41, 5.74) is 0. The Labute approximate surface area is 148 Å². The standard InChI is InChI=1S/C22H37NO/c1-16-8-10-18(11-9-16)22(24)15-23-14-4-7-20-19-6-3-2-5-17(19)12-13-21(20)23/h16-21H,2-15H2,1H3/p+1. The molecule has 0 radical (unpaired) electrons. The average Bonchev–Trinajstić information content (AvgIpc) is 2.62. The van der Waals surface area contributed by atoms with Crippen LogP contribution in [0.3, 0.4) is 0 Å². The molecule has 5 atom stereocenters. The smallest absolute Gasteiger partial charge is 0.189 e. The van der Waals surface area contributed by atoms with Crippen LogP contribution in [-0.2, 0) is 4.79 Å². The van der Waals surface area contributed by atoms with E-state index in [0.29, 0.717) is 11.7 Å². The van der Waals surface area contributed by atoms with Gasteiger partial charge in [-0.15, -0.1) is 0 Å². The normalized spacial score (nSPS) is 46.0. The second-order valence-corrected chi connectivity index (χ2v) is 9.71. The molecule has 1 aliphatic heterocycles. The second kappa shape index (κ2) is 7.48. The van der Waals surface area contributed by atoms with Gasteiger partial charge in [0.2, 0.25) is 0 Å². The van der Waals surface area contributed by atoms with Crippen molar-refractivity contribution in [3.63, 3.8) is 0 Å². The Balaban J connectivity index is 1.38. The van der Waals surface area contributed by atoms with Gasteiger partial charge in [-0.1, -0.05) is 39.0 Å². The molecule has 5 unspecified atom stereocenters. The fraction of sp³-hybridized carbons (Fsp3) is 0.955. The zero-order valence-electron chi connectivity index (χ0n) is 15.8. The lowest BCUT2D eigenvalue weighted by atomic mass is 9.61. The minimum atomic E-state index is 0.403. The summed E-state index contributed by atoms with van der Waals surface area (Å²) in [5, 5.41) is 0. The molecule has 1 N–H and O–H groups in total. The lowest BCUT2D eigenvalue weighted by molar-refractivity contribution is -0.929. The van der Waals surface area contributed by atoms with E-state index < -0.39 is 0 Å². The van der Waals surface area contributed by atoms with Gasteiger partial charge in [0.1, 0.15) is 6.54 Å². The number of ketones is 1. The predicted molar refractivity (Wildman–Crippen MR) is 98.0 cm³/mol. The van der Waals surface area contributed by atoms with E-state index in [1.165, 1.54) is 83.6 Å². The highest BCUT2D eigenvalue weighted by Crippen LogP contribution is 2.45. The molecule has 0 bridgehead atoms. The molecule has 1 heterocycles. The molecular formula is C22H38NO+. The first kappa shape index (κ1) is 17.1. The lowest BCUT2D eigenvalue weighted by Crippen LogP contribution is -3.18. The van der Waals surface area contributed by atoms with Crippen LogP contribution in [0.1, 0.15) is 84.0 Å². The first-order valence-corrected chi connectivity index (χ1v) is 11.1. The Morgan fingerprint density at radius 1 is 0.833 bits per heavy atom. The number of piperidine rings is 1. The van der Waals surface area contributed by atoms with Gasteiger partial charge < -0.3 is 4.90 Å². The summed E-state index contributed by atoms with van der Waals surface area (Å²) in [7, 11) is 0. The van der Waals surface area contributed by atoms with E-state index in [1.54, 1.807) is 4.90 Å². The second-order valence-electron chi connectivity index (χ2n) is 9.71. The monoisotopic (exact) mass is 332 g/mol. The van der Waals surface area contributed by atoms with Gasteiger partial charge in [-0.05, 0) is 62.7 Å². The van der Waals surface area contributed by atoms with E-state index in [2.05, 4.69) is 6.92 Å². The zero-order chi connectivity index (χ0) is 16.5. The van der Waals surface area contributed by atoms with E-state index in [1.807, 2.05) is 0 Å². The minimum Gasteiger partial charge on any atom is -0.326 e. The van der Waals surface area contributed by atoms with Crippen LogP contribution in [0.25, 0.3) is 0 Å². The van der Waals surface area contributed by atoms with Crippen LogP contribution in [0.4, 0.5) is 0 Å². The fourth-order valence-corrected chi connectivity index (χ4v) is 6.91. The van der Waals surface area contributed by atoms with Gasteiger partial charge in [0, 0.05) is 11.8 Å². The van der Waals surface area contributed by atoms with Crippen LogP contribution in [0.5, 0.6) is 0 Å². The molecule has 1 saturated heterocycles. The van der Waals surface area contributed by atoms with Gasteiger partial charge in [-0.3, -0.25) is 4.79 Å². The predicted octanol–water partition coefficient (Wildman–Crippen LogP) is 3.65. The SMILES string of the molecule is CC1CCC(C(=O)C[NH+]2CCCC3C4CCCCC4CCC32)CC1. The molecule has 0 aromatic rings. The first-order valence-electron chi connectivity index (χ1n) is 11.1. The summed E-state index contributed by atoms with van der Waals surface area (Å²) in [4.78, 5) is 14.6. The summed E-state index contributed by atoms with van der Waals surface area (Å²) in [6.07, 6.45) is 16.6. The van der Waals surface area contributed by atoms with Gasteiger partial charge in [0.15, 0.2) is 5.78 Å². The molecule has 3 aliphatic carbocycles. The Kier molecular flexibility index (Phi) is 5.32. The molecule has 0 amide bonds. The average molecular weight is 333 g/mol. The van der Waals surface area contributed by atoms with Crippen LogP contribution in [-0.4, -0.2) is 24.9 Å². The number of hydrogen-bond donors (Lipinski definition) is 1. The molecule has 0 aromatic carbocycles. The largest absolute Gasteiger partial charge is 0.326 e. The van der Waals surface area contributed by atoms with Gasteiger partial charge in [0.25, 0.3) is 0 Å². The Morgan fingerprint density at radius 2 is 1.58 bits per heavy atom. The van der Waals surface area contributed by atoms with Gasteiger partial charge in [-0.2, -0.15) is 0 Å². The Bertz CT molecular complexity index is 439. The fourth-order valence-electron chi connectivity index (χ4n) is 6.91. The van der Waals surface area contributed by atoms with Crippen molar-refractivity contribution in [1.82, 2.24) is 0 Å². The minimum absolute atomic E-state index is 0.403. The molecule has 2 heteroatoms. The number of rotatable bonds is 3. The Morgan fingerprint density at radius 3 is 2.42 bits per heavy atom. The van der Waals surface area contributed by atoms with Crippen LogP contribution >= 0.6 is 0 Å². The molecule has 3 saturated carbocycles. The summed E-state index contributed by atoms with van der Waals surface area (Å²) in [5.74, 6) is 4.87. The summed E-state index contributed by atoms with van der Waals surface area (Å²) in [6, 6.07) is 0.824. The third-order valence-electron chi connectivity index (χ3n) is 8.32. The number of carbonyl (C=O) groups excluding carboxylic acids is 1. The van der Waals surface area contributed by atoms with Crippen LogP contribution in [0.2, 0.25) is 0 Å². The van der Waals surface area contributed by atoms with Crippen molar-refractivity contribution in [3.8, 4) is 0 Å². The van der Waals surface area contributed by atoms with E-state index in [9.17, 15) is 4.79 Å². The number of carbonyl (C=O) groups is 1. The zero-order valence-corrected chi connectivity index (χ0v) is 15.8.